The maximum atomic E-state index is 12.4. The second-order valence-electron chi connectivity index (χ2n) is 4.54. The number of hydrogen-bond donors (Lipinski definition) is 0. The van der Waals surface area contributed by atoms with E-state index >= 15 is 0 Å². The Bertz CT molecular complexity index is 475. The van der Waals surface area contributed by atoms with Gasteiger partial charge in [0, 0.05) is 13.0 Å². The number of benzene rings is 1. The number of carbonyl (C=O) groups excluding carboxylic acids is 1. The minimum absolute atomic E-state index is 0.285. The van der Waals surface area contributed by atoms with Crippen molar-refractivity contribution in [3.63, 3.8) is 0 Å². The summed E-state index contributed by atoms with van der Waals surface area (Å²) in [6.07, 6.45) is -2.57. The molecule has 1 aromatic carbocycles. The van der Waals surface area contributed by atoms with Gasteiger partial charge in [-0.2, -0.15) is 13.2 Å². The first kappa shape index (κ1) is 15.0. The number of nitrogens with zero attached hydrogens (tertiary/aromatic N) is 1. The van der Waals surface area contributed by atoms with E-state index in [4.69, 9.17) is 16.3 Å². The van der Waals surface area contributed by atoms with Crippen LogP contribution in [0, 0.1) is 0 Å². The van der Waals surface area contributed by atoms with Gasteiger partial charge in [-0.25, -0.2) is 0 Å². The molecule has 7 heteroatoms. The highest BCUT2D eigenvalue weighted by molar-refractivity contribution is 6.62. The lowest BCUT2D eigenvalue weighted by atomic mass is 10.1. The maximum absolute atomic E-state index is 12.4. The van der Waals surface area contributed by atoms with Crippen LogP contribution in [-0.4, -0.2) is 23.0 Å². The van der Waals surface area contributed by atoms with E-state index in [1.54, 1.807) is 0 Å². The summed E-state index contributed by atoms with van der Waals surface area (Å²) in [5.74, 6) is 0.285. The van der Waals surface area contributed by atoms with Crippen LogP contribution in [0.25, 0.3) is 0 Å². The van der Waals surface area contributed by atoms with Gasteiger partial charge < -0.3 is 4.74 Å². The molecule has 1 aliphatic heterocycles. The van der Waals surface area contributed by atoms with Crippen molar-refractivity contribution in [1.29, 1.82) is 0 Å². The maximum Gasteiger partial charge on any atom is 0.416 e. The van der Waals surface area contributed by atoms with Crippen molar-refractivity contribution in [1.82, 2.24) is 4.90 Å². The highest BCUT2D eigenvalue weighted by atomic mass is 35.5. The highest BCUT2D eigenvalue weighted by Gasteiger charge is 2.31. The fourth-order valence-electron chi connectivity index (χ4n) is 2.10. The summed E-state index contributed by atoms with van der Waals surface area (Å²) in [7, 11) is 0. The molecule has 3 nitrogen and oxygen atoms in total. The third kappa shape index (κ3) is 3.56. The van der Waals surface area contributed by atoms with Crippen molar-refractivity contribution in [2.24, 2.45) is 0 Å². The second-order valence-corrected chi connectivity index (χ2v) is 4.86. The molecule has 0 bridgehead atoms. The predicted molar refractivity (Wildman–Crippen MR) is 67.7 cm³/mol. The van der Waals surface area contributed by atoms with Gasteiger partial charge in [-0.05, 0) is 48.7 Å². The second kappa shape index (κ2) is 5.91. The first-order valence-corrected chi connectivity index (χ1v) is 6.56. The van der Waals surface area contributed by atoms with Gasteiger partial charge in [0.2, 0.25) is 0 Å². The first-order chi connectivity index (χ1) is 9.38. The molecule has 20 heavy (non-hydrogen) atoms. The van der Waals surface area contributed by atoms with E-state index in [0.29, 0.717) is 13.0 Å². The van der Waals surface area contributed by atoms with Gasteiger partial charge >= 0.3 is 11.5 Å². The Morgan fingerprint density at radius 1 is 1.25 bits per heavy atom. The third-order valence-corrected chi connectivity index (χ3v) is 3.34. The first-order valence-electron chi connectivity index (χ1n) is 6.18. The molecule has 1 saturated heterocycles. The fourth-order valence-corrected chi connectivity index (χ4v) is 2.30. The molecule has 1 atom stereocenters. The average Bonchev–Trinajstić information content (AvgIpc) is 2.38. The van der Waals surface area contributed by atoms with Gasteiger partial charge in [0.1, 0.15) is 5.75 Å². The zero-order valence-electron chi connectivity index (χ0n) is 10.5. The van der Waals surface area contributed by atoms with Crippen LogP contribution in [0.4, 0.5) is 18.0 Å². The Balaban J connectivity index is 2.07. The van der Waals surface area contributed by atoms with Crippen molar-refractivity contribution < 1.29 is 22.7 Å². The van der Waals surface area contributed by atoms with Gasteiger partial charge in [-0.15, -0.1) is 0 Å². The fraction of sp³-hybridized carbons (Fsp3) is 0.462. The minimum Gasteiger partial charge on any atom is -0.470 e. The van der Waals surface area contributed by atoms with Gasteiger partial charge in [-0.1, -0.05) is 0 Å². The minimum atomic E-state index is -4.37. The zero-order valence-corrected chi connectivity index (χ0v) is 11.2. The van der Waals surface area contributed by atoms with Crippen LogP contribution >= 0.6 is 11.6 Å². The number of piperidine rings is 1. The monoisotopic (exact) mass is 307 g/mol. The summed E-state index contributed by atoms with van der Waals surface area (Å²) < 4.78 is 42.9. The Labute approximate surface area is 119 Å². The van der Waals surface area contributed by atoms with E-state index in [9.17, 15) is 18.0 Å². The predicted octanol–water partition coefficient (Wildman–Crippen LogP) is 4.26. The van der Waals surface area contributed by atoms with Crippen molar-refractivity contribution in [2.45, 2.75) is 31.7 Å². The number of carbonyl (C=O) groups is 1. The summed E-state index contributed by atoms with van der Waals surface area (Å²) in [5.41, 5.74) is -0.737. The van der Waals surface area contributed by atoms with E-state index in [1.807, 2.05) is 0 Å². The molecule has 0 N–H and O–H groups in total. The Hall–Kier alpha value is -1.43. The molecule has 1 heterocycles. The van der Waals surface area contributed by atoms with E-state index in [2.05, 4.69) is 0 Å². The largest absolute Gasteiger partial charge is 0.470 e. The molecule has 0 radical (unpaired) electrons. The van der Waals surface area contributed by atoms with Gasteiger partial charge in [0.25, 0.3) is 0 Å². The molecule has 0 spiro atoms. The molecule has 1 unspecified atom stereocenters. The van der Waals surface area contributed by atoms with E-state index in [1.165, 1.54) is 17.0 Å². The molecule has 1 aliphatic rings. The van der Waals surface area contributed by atoms with E-state index in [0.717, 1.165) is 25.0 Å². The number of ether oxygens (including phenoxy) is 1. The number of alkyl halides is 3. The van der Waals surface area contributed by atoms with Gasteiger partial charge in [0.15, 0.2) is 6.23 Å². The van der Waals surface area contributed by atoms with Crippen molar-refractivity contribution in [2.75, 3.05) is 6.54 Å². The van der Waals surface area contributed by atoms with Crippen molar-refractivity contribution in [3.05, 3.63) is 29.8 Å². The molecule has 110 valence electrons. The van der Waals surface area contributed by atoms with Crippen LogP contribution in [-0.2, 0) is 6.18 Å². The highest BCUT2D eigenvalue weighted by Crippen LogP contribution is 2.31. The topological polar surface area (TPSA) is 29.5 Å². The van der Waals surface area contributed by atoms with E-state index < -0.39 is 23.3 Å². The number of halogens is 4. The number of likely N-dealkylation sites (tertiary alicyclic amines) is 1. The van der Waals surface area contributed by atoms with Crippen LogP contribution in [0.1, 0.15) is 24.8 Å². The van der Waals surface area contributed by atoms with Crippen LogP contribution in [0.5, 0.6) is 5.75 Å². The lowest BCUT2D eigenvalue weighted by molar-refractivity contribution is -0.137. The van der Waals surface area contributed by atoms with Crippen LogP contribution < -0.4 is 4.74 Å². The molecular formula is C13H13ClF3NO2. The number of hydrogen-bond acceptors (Lipinski definition) is 2. The summed E-state index contributed by atoms with van der Waals surface area (Å²) in [5, 5.41) is -0.610. The summed E-state index contributed by atoms with van der Waals surface area (Å²) in [4.78, 5) is 12.6. The van der Waals surface area contributed by atoms with Gasteiger partial charge in [-0.3, -0.25) is 9.69 Å². The summed E-state index contributed by atoms with van der Waals surface area (Å²) in [6, 6.07) is 4.39. The zero-order chi connectivity index (χ0) is 14.8. The van der Waals surface area contributed by atoms with Crippen molar-refractivity contribution >= 4 is 17.0 Å². The quantitative estimate of drug-likeness (QED) is 0.603. The Morgan fingerprint density at radius 2 is 1.90 bits per heavy atom. The molecule has 1 amide bonds. The number of rotatable bonds is 2. The molecule has 0 aromatic heterocycles. The molecular weight excluding hydrogens is 295 g/mol. The smallest absolute Gasteiger partial charge is 0.416 e. The lowest BCUT2D eigenvalue weighted by Crippen LogP contribution is -2.44. The number of amides is 1. The standard InChI is InChI=1S/C13H13ClF3NO2/c14-12(19)18-8-2-1-3-11(18)20-10-6-4-9(5-7-10)13(15,16)17/h4-7,11H,1-3,8H2. The van der Waals surface area contributed by atoms with Gasteiger partial charge in [0.05, 0.1) is 5.56 Å². The molecule has 1 fully saturated rings. The Morgan fingerprint density at radius 3 is 2.45 bits per heavy atom. The normalized spacial score (nSPS) is 19.8. The summed E-state index contributed by atoms with van der Waals surface area (Å²) >= 11 is 5.46. The Kier molecular flexibility index (Phi) is 4.42. The summed E-state index contributed by atoms with van der Waals surface area (Å²) in [6.45, 7) is 0.494. The molecule has 2 rings (SSSR count). The van der Waals surface area contributed by atoms with Crippen LogP contribution in [0.2, 0.25) is 0 Å². The van der Waals surface area contributed by atoms with Crippen molar-refractivity contribution in [3.8, 4) is 5.75 Å². The average molecular weight is 308 g/mol. The van der Waals surface area contributed by atoms with Crippen LogP contribution in [0.3, 0.4) is 0 Å². The van der Waals surface area contributed by atoms with Crippen LogP contribution in [0.15, 0.2) is 24.3 Å². The molecule has 0 aliphatic carbocycles. The lowest BCUT2D eigenvalue weighted by Gasteiger charge is -2.33. The van der Waals surface area contributed by atoms with E-state index in [-0.39, 0.29) is 5.75 Å². The molecule has 0 saturated carbocycles. The SMILES string of the molecule is O=C(Cl)N1CCCCC1Oc1ccc(C(F)(F)F)cc1. The third-order valence-electron chi connectivity index (χ3n) is 3.13. The molecule has 1 aromatic rings.